The van der Waals surface area contributed by atoms with Gasteiger partial charge in [-0.1, -0.05) is 19.9 Å². The molecule has 1 aromatic rings. The molecule has 0 aromatic carbocycles. The summed E-state index contributed by atoms with van der Waals surface area (Å²) in [6, 6.07) is 5.74. The van der Waals surface area contributed by atoms with Crippen molar-refractivity contribution in [2.75, 3.05) is 18.8 Å². The van der Waals surface area contributed by atoms with Gasteiger partial charge in [0.15, 0.2) is 0 Å². The van der Waals surface area contributed by atoms with Gasteiger partial charge in [0.1, 0.15) is 6.10 Å². The van der Waals surface area contributed by atoms with Crippen molar-refractivity contribution in [1.29, 1.82) is 0 Å². The van der Waals surface area contributed by atoms with Gasteiger partial charge in [0, 0.05) is 43.9 Å². The van der Waals surface area contributed by atoms with Crippen molar-refractivity contribution in [1.82, 2.24) is 9.88 Å². The summed E-state index contributed by atoms with van der Waals surface area (Å²) in [6.45, 7) is 6.10. The van der Waals surface area contributed by atoms with Gasteiger partial charge in [-0.15, -0.1) is 11.8 Å². The summed E-state index contributed by atoms with van der Waals surface area (Å²) in [4.78, 5) is 27.2. The lowest BCUT2D eigenvalue weighted by Gasteiger charge is -2.47. The Balaban J connectivity index is 0.000000370. The fraction of sp³-hybridized carbons (Fsp3) is 0.632. The molecule has 0 aliphatic carbocycles. The number of carbonyl (C=O) groups excluding carboxylic acids is 1. The van der Waals surface area contributed by atoms with Crippen molar-refractivity contribution in [2.45, 2.75) is 50.1 Å². The number of aliphatic carboxylic acids is 1. The molecule has 0 bridgehead atoms. The van der Waals surface area contributed by atoms with E-state index in [2.05, 4.69) is 18.8 Å². The van der Waals surface area contributed by atoms with Crippen molar-refractivity contribution in [3.63, 3.8) is 0 Å². The van der Waals surface area contributed by atoms with Gasteiger partial charge in [-0.25, -0.2) is 9.78 Å². The first kappa shape index (κ1) is 23.3. The number of aromatic nitrogens is 1. The number of likely N-dealkylation sites (tertiary alicyclic amines) is 1. The minimum Gasteiger partial charge on any atom is -0.475 e. The number of ether oxygens (including phenoxy) is 1. The number of alkyl halides is 3. The minimum atomic E-state index is -5.08. The molecule has 29 heavy (non-hydrogen) atoms. The Morgan fingerprint density at radius 3 is 2.55 bits per heavy atom. The lowest BCUT2D eigenvalue weighted by molar-refractivity contribution is -0.192. The van der Waals surface area contributed by atoms with E-state index >= 15 is 0 Å². The lowest BCUT2D eigenvalue weighted by atomic mass is 9.92. The smallest absolute Gasteiger partial charge is 0.475 e. The van der Waals surface area contributed by atoms with Gasteiger partial charge < -0.3 is 14.7 Å². The normalized spacial score (nSPS) is 20.1. The van der Waals surface area contributed by atoms with Crippen LogP contribution in [0.3, 0.4) is 0 Å². The predicted octanol–water partition coefficient (Wildman–Crippen LogP) is 3.62. The van der Waals surface area contributed by atoms with Crippen molar-refractivity contribution in [3.8, 4) is 5.88 Å². The first-order valence-corrected chi connectivity index (χ1v) is 10.3. The van der Waals surface area contributed by atoms with E-state index in [0.717, 1.165) is 31.7 Å². The molecule has 2 aliphatic rings. The molecule has 1 atom stereocenters. The molecular weight excluding hydrogens is 409 g/mol. The summed E-state index contributed by atoms with van der Waals surface area (Å²) < 4.78 is 37.9. The van der Waals surface area contributed by atoms with Crippen LogP contribution in [0.1, 0.15) is 33.1 Å². The summed E-state index contributed by atoms with van der Waals surface area (Å²) >= 11 is 1.96. The van der Waals surface area contributed by atoms with Gasteiger partial charge >= 0.3 is 12.1 Å². The molecule has 3 heterocycles. The average molecular weight is 434 g/mol. The number of nitrogens with zero attached hydrogens (tertiary/aromatic N) is 2. The van der Waals surface area contributed by atoms with Crippen LogP contribution < -0.4 is 4.74 Å². The topological polar surface area (TPSA) is 79.7 Å². The fourth-order valence-electron chi connectivity index (χ4n) is 3.08. The molecule has 1 unspecified atom stereocenters. The molecule has 162 valence electrons. The Kier molecular flexibility index (Phi) is 7.79. The largest absolute Gasteiger partial charge is 0.490 e. The number of halogens is 3. The van der Waals surface area contributed by atoms with E-state index in [1.54, 1.807) is 6.20 Å². The van der Waals surface area contributed by atoms with E-state index in [0.29, 0.717) is 24.1 Å². The Morgan fingerprint density at radius 1 is 1.38 bits per heavy atom. The predicted molar refractivity (Wildman–Crippen MR) is 103 cm³/mol. The molecule has 2 fully saturated rings. The summed E-state index contributed by atoms with van der Waals surface area (Å²) in [5.74, 6) is -0.156. The Hall–Kier alpha value is -1.97. The molecule has 0 saturated carbocycles. The van der Waals surface area contributed by atoms with Gasteiger partial charge in [-0.3, -0.25) is 4.79 Å². The number of thioether (sulfide) groups is 1. The highest BCUT2D eigenvalue weighted by molar-refractivity contribution is 8.01. The number of pyridine rings is 1. The van der Waals surface area contributed by atoms with Crippen LogP contribution in [0, 0.1) is 5.92 Å². The van der Waals surface area contributed by atoms with Crippen LogP contribution in [0.25, 0.3) is 0 Å². The van der Waals surface area contributed by atoms with Crippen molar-refractivity contribution in [2.24, 2.45) is 5.92 Å². The molecule has 2 saturated heterocycles. The standard InChI is InChI=1S/C17H24N2O2S.C2HF3O2/c1-13(2)6-7-16(20)19-11-17(12-19)9-14(10-22-17)21-15-5-3-4-8-18-15;3-2(4,5)1(6)7/h3-5,8,13-14H,6-7,9-12H2,1-2H3;(H,6,7). The SMILES string of the molecule is CC(C)CCC(=O)N1CC2(CC(Oc3ccccn3)CS2)C1.O=C(O)C(F)(F)F. The zero-order valence-electron chi connectivity index (χ0n) is 16.3. The Morgan fingerprint density at radius 2 is 2.03 bits per heavy atom. The molecule has 0 radical (unpaired) electrons. The summed E-state index contributed by atoms with van der Waals surface area (Å²) in [7, 11) is 0. The number of amides is 1. The number of carboxylic acid groups (broad SMARTS) is 1. The fourth-order valence-corrected chi connectivity index (χ4v) is 4.61. The maximum atomic E-state index is 12.1. The van der Waals surface area contributed by atoms with Crippen LogP contribution in [0.2, 0.25) is 0 Å². The van der Waals surface area contributed by atoms with Gasteiger partial charge in [0.25, 0.3) is 0 Å². The van der Waals surface area contributed by atoms with E-state index in [1.807, 2.05) is 34.9 Å². The number of carboxylic acids is 1. The number of hydrogen-bond acceptors (Lipinski definition) is 5. The molecular formula is C19H25F3N2O4S. The van der Waals surface area contributed by atoms with E-state index < -0.39 is 12.1 Å². The van der Waals surface area contributed by atoms with Gasteiger partial charge in [-0.05, 0) is 18.4 Å². The molecule has 1 N–H and O–H groups in total. The maximum absolute atomic E-state index is 12.1. The lowest BCUT2D eigenvalue weighted by Crippen LogP contribution is -2.60. The van der Waals surface area contributed by atoms with Gasteiger partial charge in [0.2, 0.25) is 11.8 Å². The van der Waals surface area contributed by atoms with Crippen LogP contribution >= 0.6 is 11.8 Å². The zero-order valence-corrected chi connectivity index (χ0v) is 17.1. The molecule has 6 nitrogen and oxygen atoms in total. The average Bonchev–Trinajstić information content (AvgIpc) is 3.03. The van der Waals surface area contributed by atoms with Crippen molar-refractivity contribution < 1.29 is 32.6 Å². The van der Waals surface area contributed by atoms with E-state index in [-0.39, 0.29) is 10.9 Å². The van der Waals surface area contributed by atoms with Crippen LogP contribution in [-0.2, 0) is 9.59 Å². The van der Waals surface area contributed by atoms with E-state index in [4.69, 9.17) is 14.6 Å². The third-order valence-corrected chi connectivity index (χ3v) is 6.16. The third kappa shape index (κ3) is 7.09. The Labute approximate surface area is 171 Å². The van der Waals surface area contributed by atoms with Crippen LogP contribution in [0.5, 0.6) is 5.88 Å². The van der Waals surface area contributed by atoms with Crippen molar-refractivity contribution >= 4 is 23.6 Å². The molecule has 1 amide bonds. The molecule has 1 aromatic heterocycles. The van der Waals surface area contributed by atoms with Gasteiger partial charge in [-0.2, -0.15) is 13.2 Å². The first-order chi connectivity index (χ1) is 13.5. The quantitative estimate of drug-likeness (QED) is 0.763. The monoisotopic (exact) mass is 434 g/mol. The first-order valence-electron chi connectivity index (χ1n) is 9.30. The number of rotatable bonds is 5. The Bertz CT molecular complexity index is 694. The second-order valence-corrected chi connectivity index (χ2v) is 9.08. The maximum Gasteiger partial charge on any atom is 0.490 e. The van der Waals surface area contributed by atoms with Crippen molar-refractivity contribution in [3.05, 3.63) is 24.4 Å². The van der Waals surface area contributed by atoms with Crippen LogP contribution in [0.4, 0.5) is 13.2 Å². The summed E-state index contributed by atoms with van der Waals surface area (Å²) in [6.07, 6.45) is -0.422. The third-order valence-electron chi connectivity index (χ3n) is 4.59. The van der Waals surface area contributed by atoms with Crippen LogP contribution in [-0.4, -0.2) is 62.7 Å². The summed E-state index contributed by atoms with van der Waals surface area (Å²) in [5.41, 5.74) is 0. The molecule has 3 rings (SSSR count). The van der Waals surface area contributed by atoms with Crippen LogP contribution in [0.15, 0.2) is 24.4 Å². The minimum absolute atomic E-state index is 0.216. The van der Waals surface area contributed by atoms with Gasteiger partial charge in [0.05, 0.1) is 4.75 Å². The highest BCUT2D eigenvalue weighted by Gasteiger charge is 2.51. The molecule has 1 spiro atoms. The number of hydrogen-bond donors (Lipinski definition) is 1. The summed E-state index contributed by atoms with van der Waals surface area (Å²) in [5, 5.41) is 7.12. The molecule has 10 heteroatoms. The highest BCUT2D eigenvalue weighted by atomic mass is 32.2. The van der Waals surface area contributed by atoms with E-state index in [1.165, 1.54) is 0 Å². The molecule has 2 aliphatic heterocycles. The van der Waals surface area contributed by atoms with E-state index in [9.17, 15) is 18.0 Å². The second-order valence-electron chi connectivity index (χ2n) is 7.59. The second kappa shape index (κ2) is 9.69. The highest BCUT2D eigenvalue weighted by Crippen LogP contribution is 2.46. The zero-order chi connectivity index (χ0) is 21.7. The number of carbonyl (C=O) groups is 2.